The minimum absolute atomic E-state index is 0.243. The Kier molecular flexibility index (Phi) is 5.27. The summed E-state index contributed by atoms with van der Waals surface area (Å²) >= 11 is 5.62. The van der Waals surface area contributed by atoms with Crippen LogP contribution in [0.15, 0.2) is 12.4 Å². The number of halogens is 4. The predicted octanol–water partition coefficient (Wildman–Crippen LogP) is 4.26. The van der Waals surface area contributed by atoms with E-state index in [2.05, 4.69) is 20.4 Å². The molecule has 0 amide bonds. The molecule has 2 aromatic rings. The molecular formula is C16H19ClF3N5O. The SMILES string of the molecule is Cc1nn(C2CC2)cc1OCC[C@@H](C)Nc1nc(Cl)ncc1C(F)(F)F. The van der Waals surface area contributed by atoms with Crippen molar-refractivity contribution in [1.82, 2.24) is 19.7 Å². The zero-order valence-corrected chi connectivity index (χ0v) is 15.1. The highest BCUT2D eigenvalue weighted by Gasteiger charge is 2.35. The van der Waals surface area contributed by atoms with Gasteiger partial charge >= 0.3 is 6.18 Å². The maximum absolute atomic E-state index is 13.0. The van der Waals surface area contributed by atoms with Crippen LogP contribution in [-0.2, 0) is 6.18 Å². The minimum Gasteiger partial charge on any atom is -0.490 e. The summed E-state index contributed by atoms with van der Waals surface area (Å²) in [6, 6.07) is 0.163. The molecule has 0 aliphatic heterocycles. The lowest BCUT2D eigenvalue weighted by Crippen LogP contribution is -2.22. The zero-order chi connectivity index (χ0) is 18.9. The molecule has 0 saturated heterocycles. The lowest BCUT2D eigenvalue weighted by molar-refractivity contribution is -0.137. The number of alkyl halides is 3. The number of hydrogen-bond donors (Lipinski definition) is 1. The second kappa shape index (κ2) is 7.30. The van der Waals surface area contributed by atoms with E-state index in [1.165, 1.54) is 0 Å². The van der Waals surface area contributed by atoms with Crippen LogP contribution in [0.25, 0.3) is 0 Å². The van der Waals surface area contributed by atoms with Gasteiger partial charge in [0.15, 0.2) is 5.75 Å². The van der Waals surface area contributed by atoms with Crippen LogP contribution in [-0.4, -0.2) is 32.4 Å². The molecule has 0 unspecified atom stereocenters. The monoisotopic (exact) mass is 389 g/mol. The van der Waals surface area contributed by atoms with Gasteiger partial charge in [-0.05, 0) is 38.3 Å². The summed E-state index contributed by atoms with van der Waals surface area (Å²) in [5.41, 5.74) is -0.143. The molecule has 3 rings (SSSR count). The van der Waals surface area contributed by atoms with E-state index in [9.17, 15) is 13.2 Å². The first-order valence-corrected chi connectivity index (χ1v) is 8.66. The minimum atomic E-state index is -4.56. The summed E-state index contributed by atoms with van der Waals surface area (Å²) in [6.45, 7) is 3.96. The maximum Gasteiger partial charge on any atom is 0.421 e. The van der Waals surface area contributed by atoms with Crippen molar-refractivity contribution in [3.63, 3.8) is 0 Å². The average Bonchev–Trinajstić information content (AvgIpc) is 3.31. The molecule has 1 aliphatic rings. The number of aromatic nitrogens is 4. The van der Waals surface area contributed by atoms with Gasteiger partial charge in [-0.1, -0.05) is 0 Å². The summed E-state index contributed by atoms with van der Waals surface area (Å²) < 4.78 is 46.7. The van der Waals surface area contributed by atoms with Crippen molar-refractivity contribution in [3.8, 4) is 5.75 Å². The van der Waals surface area contributed by atoms with Crippen LogP contribution in [0.1, 0.15) is 43.5 Å². The van der Waals surface area contributed by atoms with Crippen LogP contribution in [0, 0.1) is 6.92 Å². The smallest absolute Gasteiger partial charge is 0.421 e. The number of aryl methyl sites for hydroxylation is 1. The summed E-state index contributed by atoms with van der Waals surface area (Å²) in [6.07, 6.45) is 0.729. The summed E-state index contributed by atoms with van der Waals surface area (Å²) in [7, 11) is 0. The topological polar surface area (TPSA) is 64.9 Å². The first kappa shape index (κ1) is 18.8. The molecule has 2 aromatic heterocycles. The fraction of sp³-hybridized carbons (Fsp3) is 0.562. The second-order valence-corrected chi connectivity index (χ2v) is 6.71. The van der Waals surface area contributed by atoms with Gasteiger partial charge in [0.05, 0.1) is 18.8 Å². The number of ether oxygens (including phenoxy) is 1. The fourth-order valence-electron chi connectivity index (χ4n) is 2.46. The number of hydrogen-bond acceptors (Lipinski definition) is 5. The van der Waals surface area contributed by atoms with E-state index in [0.717, 1.165) is 18.5 Å². The Bertz CT molecular complexity index is 776. The van der Waals surface area contributed by atoms with Gasteiger partial charge in [0.1, 0.15) is 17.1 Å². The average molecular weight is 390 g/mol. The lowest BCUT2D eigenvalue weighted by Gasteiger charge is -2.18. The number of nitrogens with one attached hydrogen (secondary N) is 1. The summed E-state index contributed by atoms with van der Waals surface area (Å²) in [5, 5.41) is 6.90. The van der Waals surface area contributed by atoms with E-state index in [1.54, 1.807) is 6.92 Å². The molecule has 142 valence electrons. The molecule has 0 bridgehead atoms. The molecule has 26 heavy (non-hydrogen) atoms. The molecule has 2 heterocycles. The van der Waals surface area contributed by atoms with Gasteiger partial charge in [0.2, 0.25) is 5.28 Å². The van der Waals surface area contributed by atoms with Crippen LogP contribution in [0.5, 0.6) is 5.75 Å². The Morgan fingerprint density at radius 2 is 2.15 bits per heavy atom. The largest absolute Gasteiger partial charge is 0.490 e. The Balaban J connectivity index is 1.56. The number of anilines is 1. The van der Waals surface area contributed by atoms with Crippen molar-refractivity contribution < 1.29 is 17.9 Å². The van der Waals surface area contributed by atoms with E-state index >= 15 is 0 Å². The zero-order valence-electron chi connectivity index (χ0n) is 14.3. The van der Waals surface area contributed by atoms with Crippen molar-refractivity contribution in [2.45, 2.75) is 51.4 Å². The first-order chi connectivity index (χ1) is 12.2. The van der Waals surface area contributed by atoms with Gasteiger partial charge in [0.25, 0.3) is 0 Å². The van der Waals surface area contributed by atoms with Crippen molar-refractivity contribution in [3.05, 3.63) is 28.9 Å². The Morgan fingerprint density at radius 3 is 2.81 bits per heavy atom. The molecule has 1 saturated carbocycles. The third-order valence-corrected chi connectivity index (χ3v) is 4.23. The second-order valence-electron chi connectivity index (χ2n) is 6.37. The number of rotatable bonds is 7. The maximum atomic E-state index is 13.0. The van der Waals surface area contributed by atoms with E-state index in [-0.39, 0.29) is 17.1 Å². The van der Waals surface area contributed by atoms with Gasteiger partial charge in [-0.25, -0.2) is 9.97 Å². The highest BCUT2D eigenvalue weighted by atomic mass is 35.5. The molecule has 10 heteroatoms. The highest BCUT2D eigenvalue weighted by molar-refractivity contribution is 6.28. The third kappa shape index (κ3) is 4.57. The molecule has 0 aromatic carbocycles. The molecule has 1 atom stereocenters. The molecule has 1 aliphatic carbocycles. The van der Waals surface area contributed by atoms with E-state index < -0.39 is 11.7 Å². The Labute approximate surface area is 153 Å². The highest BCUT2D eigenvalue weighted by Crippen LogP contribution is 2.36. The van der Waals surface area contributed by atoms with Crippen molar-refractivity contribution >= 4 is 17.4 Å². The van der Waals surface area contributed by atoms with Gasteiger partial charge in [-0.3, -0.25) is 4.68 Å². The Hall–Kier alpha value is -2.03. The summed E-state index contributed by atoms with van der Waals surface area (Å²) in [5.74, 6) is 0.368. The van der Waals surface area contributed by atoms with Crippen LogP contribution in [0.3, 0.4) is 0 Å². The molecular weight excluding hydrogens is 371 g/mol. The lowest BCUT2D eigenvalue weighted by atomic mass is 10.2. The van der Waals surface area contributed by atoms with Gasteiger partial charge < -0.3 is 10.1 Å². The van der Waals surface area contributed by atoms with Gasteiger partial charge in [-0.2, -0.15) is 18.3 Å². The third-order valence-electron chi connectivity index (χ3n) is 4.05. The van der Waals surface area contributed by atoms with E-state index in [0.29, 0.717) is 31.0 Å². The van der Waals surface area contributed by atoms with Crippen LogP contribution >= 0.6 is 11.6 Å². The van der Waals surface area contributed by atoms with Crippen LogP contribution in [0.4, 0.5) is 19.0 Å². The molecule has 1 fully saturated rings. The standard InChI is InChI=1S/C16H19ClF3N5O/c1-9(22-14-12(16(18,19)20)7-21-15(17)23-14)5-6-26-13-8-25(11-3-4-11)24-10(13)2/h7-9,11H,3-6H2,1-2H3,(H,21,22,23)/t9-/m1/s1. The van der Waals surface area contributed by atoms with E-state index in [1.807, 2.05) is 17.8 Å². The van der Waals surface area contributed by atoms with Gasteiger partial charge in [0, 0.05) is 18.7 Å². The number of nitrogens with zero attached hydrogens (tertiary/aromatic N) is 4. The molecule has 0 radical (unpaired) electrons. The quantitative estimate of drug-likeness (QED) is 0.717. The summed E-state index contributed by atoms with van der Waals surface area (Å²) in [4.78, 5) is 7.07. The van der Waals surface area contributed by atoms with Crippen LogP contribution < -0.4 is 10.1 Å². The van der Waals surface area contributed by atoms with E-state index in [4.69, 9.17) is 16.3 Å². The predicted molar refractivity (Wildman–Crippen MR) is 90.5 cm³/mol. The van der Waals surface area contributed by atoms with Crippen molar-refractivity contribution in [2.75, 3.05) is 11.9 Å². The van der Waals surface area contributed by atoms with Crippen molar-refractivity contribution in [2.24, 2.45) is 0 Å². The first-order valence-electron chi connectivity index (χ1n) is 8.29. The van der Waals surface area contributed by atoms with Gasteiger partial charge in [-0.15, -0.1) is 0 Å². The molecule has 1 N–H and O–H groups in total. The molecule has 0 spiro atoms. The molecule has 6 nitrogen and oxygen atoms in total. The normalized spacial score (nSPS) is 15.8. The van der Waals surface area contributed by atoms with Crippen LogP contribution in [0.2, 0.25) is 5.28 Å². The van der Waals surface area contributed by atoms with Crippen molar-refractivity contribution in [1.29, 1.82) is 0 Å². The fourth-order valence-corrected chi connectivity index (χ4v) is 2.60. The Morgan fingerprint density at radius 1 is 1.42 bits per heavy atom.